The van der Waals surface area contributed by atoms with Crippen LogP contribution in [0.4, 0.5) is 0 Å². The number of rotatable bonds is 7. The quantitative estimate of drug-likeness (QED) is 0.833. The first-order chi connectivity index (χ1) is 10.6. The van der Waals surface area contributed by atoms with E-state index >= 15 is 0 Å². The van der Waals surface area contributed by atoms with Crippen LogP contribution in [0.25, 0.3) is 0 Å². The van der Waals surface area contributed by atoms with Gasteiger partial charge in [0, 0.05) is 0 Å². The number of carbonyl (C=O) groups is 1. The second-order valence-electron chi connectivity index (χ2n) is 5.44. The Balaban J connectivity index is 1.97. The minimum atomic E-state index is -0.810. The first-order valence-corrected chi connectivity index (χ1v) is 7.61. The average molecular weight is 298 g/mol. The van der Waals surface area contributed by atoms with Gasteiger partial charge in [0.1, 0.15) is 5.75 Å². The molecule has 2 aromatic rings. The van der Waals surface area contributed by atoms with E-state index in [4.69, 9.17) is 4.74 Å². The van der Waals surface area contributed by atoms with Crippen molar-refractivity contribution in [3.8, 4) is 5.75 Å². The zero-order valence-corrected chi connectivity index (χ0v) is 13.1. The van der Waals surface area contributed by atoms with Crippen molar-refractivity contribution in [1.82, 2.24) is 0 Å². The molecule has 0 aliphatic carbocycles. The molecular formula is C19H22O3. The lowest BCUT2D eigenvalue weighted by molar-refractivity contribution is -0.139. The van der Waals surface area contributed by atoms with Crippen LogP contribution < -0.4 is 4.74 Å². The number of aryl methyl sites for hydroxylation is 2. The molecule has 1 N–H and O–H groups in total. The Morgan fingerprint density at radius 3 is 2.55 bits per heavy atom. The molecule has 0 amide bonds. The fourth-order valence-corrected chi connectivity index (χ4v) is 2.38. The molecule has 116 valence electrons. The number of ether oxygens (including phenoxy) is 1. The summed E-state index contributed by atoms with van der Waals surface area (Å²) < 4.78 is 5.71. The van der Waals surface area contributed by atoms with E-state index in [1.807, 2.05) is 49.4 Å². The van der Waals surface area contributed by atoms with Crippen molar-refractivity contribution in [3.05, 3.63) is 65.2 Å². The highest BCUT2D eigenvalue weighted by Gasteiger charge is 2.19. The summed E-state index contributed by atoms with van der Waals surface area (Å²) in [6.07, 6.45) is 1.41. The molecule has 0 aliphatic rings. The number of hydrogen-bond acceptors (Lipinski definition) is 2. The van der Waals surface area contributed by atoms with Crippen LogP contribution in [-0.4, -0.2) is 17.7 Å². The lowest BCUT2D eigenvalue weighted by Gasteiger charge is -2.14. The zero-order valence-electron chi connectivity index (χ0n) is 13.1. The summed E-state index contributed by atoms with van der Waals surface area (Å²) in [4.78, 5) is 11.5. The Morgan fingerprint density at radius 2 is 1.91 bits per heavy atom. The Bertz CT molecular complexity index is 617. The van der Waals surface area contributed by atoms with Crippen LogP contribution in [0.3, 0.4) is 0 Å². The molecule has 0 saturated carbocycles. The summed E-state index contributed by atoms with van der Waals surface area (Å²) in [5, 5.41) is 9.42. The molecule has 0 bridgehead atoms. The van der Waals surface area contributed by atoms with Gasteiger partial charge < -0.3 is 9.84 Å². The fraction of sp³-hybridized carbons (Fsp3) is 0.316. The molecule has 2 rings (SSSR count). The standard InChI is InChI=1S/C19H22O3/c1-3-15-5-4-6-17(13-15)22-12-11-18(19(20)21)16-9-7-14(2)8-10-16/h4-10,13,18H,3,11-12H2,1-2H3,(H,20,21). The SMILES string of the molecule is CCc1cccc(OCCC(C(=O)O)c2ccc(C)cc2)c1. The highest BCUT2D eigenvalue weighted by molar-refractivity contribution is 5.76. The van der Waals surface area contributed by atoms with E-state index in [2.05, 4.69) is 13.0 Å². The van der Waals surface area contributed by atoms with Crippen LogP contribution in [0.5, 0.6) is 5.75 Å². The topological polar surface area (TPSA) is 46.5 Å². The van der Waals surface area contributed by atoms with Crippen LogP contribution in [0.1, 0.15) is 36.0 Å². The number of aliphatic carboxylic acids is 1. The molecule has 0 spiro atoms. The van der Waals surface area contributed by atoms with Gasteiger partial charge in [-0.25, -0.2) is 0 Å². The van der Waals surface area contributed by atoms with Crippen molar-refractivity contribution >= 4 is 5.97 Å². The molecule has 0 aromatic heterocycles. The van der Waals surface area contributed by atoms with Gasteiger partial charge in [-0.1, -0.05) is 48.9 Å². The molecule has 3 heteroatoms. The first kappa shape index (κ1) is 16.1. The summed E-state index contributed by atoms with van der Waals surface area (Å²) in [5.74, 6) is -0.544. The molecule has 0 aliphatic heterocycles. The second kappa shape index (κ2) is 7.64. The normalized spacial score (nSPS) is 11.9. The van der Waals surface area contributed by atoms with Gasteiger partial charge in [0.25, 0.3) is 0 Å². The fourth-order valence-electron chi connectivity index (χ4n) is 2.38. The summed E-state index contributed by atoms with van der Waals surface area (Å²) in [6, 6.07) is 15.6. The third-order valence-electron chi connectivity index (χ3n) is 3.76. The highest BCUT2D eigenvalue weighted by atomic mass is 16.5. The van der Waals surface area contributed by atoms with Crippen LogP contribution in [0.2, 0.25) is 0 Å². The largest absolute Gasteiger partial charge is 0.494 e. The maximum atomic E-state index is 11.5. The maximum Gasteiger partial charge on any atom is 0.311 e. The second-order valence-corrected chi connectivity index (χ2v) is 5.44. The van der Waals surface area contributed by atoms with Crippen molar-refractivity contribution in [2.24, 2.45) is 0 Å². The highest BCUT2D eigenvalue weighted by Crippen LogP contribution is 2.22. The van der Waals surface area contributed by atoms with Crippen molar-refractivity contribution in [2.75, 3.05) is 6.61 Å². The summed E-state index contributed by atoms with van der Waals surface area (Å²) in [5.41, 5.74) is 3.16. The molecule has 22 heavy (non-hydrogen) atoms. The van der Waals surface area contributed by atoms with Gasteiger partial charge >= 0.3 is 5.97 Å². The predicted octanol–water partition coefficient (Wildman–Crippen LogP) is 4.19. The van der Waals surface area contributed by atoms with E-state index in [-0.39, 0.29) is 0 Å². The van der Waals surface area contributed by atoms with Gasteiger partial charge in [-0.05, 0) is 43.0 Å². The molecule has 0 radical (unpaired) electrons. The molecule has 1 unspecified atom stereocenters. The minimum Gasteiger partial charge on any atom is -0.494 e. The minimum absolute atomic E-state index is 0.387. The molecule has 2 aromatic carbocycles. The molecule has 0 saturated heterocycles. The molecule has 0 fully saturated rings. The van der Waals surface area contributed by atoms with Crippen LogP contribution >= 0.6 is 0 Å². The third-order valence-corrected chi connectivity index (χ3v) is 3.76. The van der Waals surface area contributed by atoms with Crippen molar-refractivity contribution in [1.29, 1.82) is 0 Å². The van der Waals surface area contributed by atoms with E-state index in [9.17, 15) is 9.90 Å². The van der Waals surface area contributed by atoms with E-state index in [0.29, 0.717) is 13.0 Å². The van der Waals surface area contributed by atoms with E-state index in [0.717, 1.165) is 23.3 Å². The summed E-state index contributed by atoms with van der Waals surface area (Å²) in [6.45, 7) is 4.47. The van der Waals surface area contributed by atoms with E-state index in [1.54, 1.807) is 0 Å². The average Bonchev–Trinajstić information content (AvgIpc) is 2.52. The van der Waals surface area contributed by atoms with Crippen LogP contribution in [-0.2, 0) is 11.2 Å². The molecule has 1 atom stereocenters. The predicted molar refractivity (Wildman–Crippen MR) is 87.5 cm³/mol. The van der Waals surface area contributed by atoms with Gasteiger partial charge in [0.15, 0.2) is 0 Å². The summed E-state index contributed by atoms with van der Waals surface area (Å²) >= 11 is 0. The van der Waals surface area contributed by atoms with Gasteiger partial charge in [0.05, 0.1) is 12.5 Å². The Morgan fingerprint density at radius 1 is 1.18 bits per heavy atom. The van der Waals surface area contributed by atoms with E-state index < -0.39 is 11.9 Å². The van der Waals surface area contributed by atoms with Gasteiger partial charge in [-0.15, -0.1) is 0 Å². The van der Waals surface area contributed by atoms with Crippen LogP contribution in [0.15, 0.2) is 48.5 Å². The van der Waals surface area contributed by atoms with Crippen molar-refractivity contribution in [2.45, 2.75) is 32.6 Å². The lowest BCUT2D eigenvalue weighted by Crippen LogP contribution is -2.15. The van der Waals surface area contributed by atoms with Gasteiger partial charge in [-0.2, -0.15) is 0 Å². The number of benzene rings is 2. The third kappa shape index (κ3) is 4.35. The Kier molecular flexibility index (Phi) is 5.59. The van der Waals surface area contributed by atoms with Gasteiger partial charge in [-0.3, -0.25) is 4.79 Å². The molecular weight excluding hydrogens is 276 g/mol. The van der Waals surface area contributed by atoms with Gasteiger partial charge in [0.2, 0.25) is 0 Å². The zero-order chi connectivity index (χ0) is 15.9. The van der Waals surface area contributed by atoms with Crippen molar-refractivity contribution < 1.29 is 14.6 Å². The summed E-state index contributed by atoms with van der Waals surface area (Å²) in [7, 11) is 0. The Hall–Kier alpha value is -2.29. The lowest BCUT2D eigenvalue weighted by atomic mass is 9.95. The maximum absolute atomic E-state index is 11.5. The molecule has 0 heterocycles. The number of carboxylic acid groups (broad SMARTS) is 1. The van der Waals surface area contributed by atoms with Crippen LogP contribution in [0, 0.1) is 6.92 Å². The first-order valence-electron chi connectivity index (χ1n) is 7.61. The number of carboxylic acids is 1. The monoisotopic (exact) mass is 298 g/mol. The van der Waals surface area contributed by atoms with Crippen molar-refractivity contribution in [3.63, 3.8) is 0 Å². The Labute approximate surface area is 131 Å². The smallest absolute Gasteiger partial charge is 0.311 e. The van der Waals surface area contributed by atoms with E-state index in [1.165, 1.54) is 5.56 Å². The molecule has 3 nitrogen and oxygen atoms in total. The number of hydrogen-bond donors (Lipinski definition) is 1.